The highest BCUT2D eigenvalue weighted by molar-refractivity contribution is 7.89. The molecule has 0 aliphatic rings. The molecule has 2 rings (SSSR count). The highest BCUT2D eigenvalue weighted by Gasteiger charge is 2.22. The van der Waals surface area contributed by atoms with E-state index in [1.165, 1.54) is 23.5 Å². The monoisotopic (exact) mass is 404 g/mol. The molecule has 0 spiro atoms. The lowest BCUT2D eigenvalue weighted by Crippen LogP contribution is -2.31. The lowest BCUT2D eigenvalue weighted by molar-refractivity contribution is 0.0600. The van der Waals surface area contributed by atoms with Crippen molar-refractivity contribution in [2.75, 3.05) is 20.2 Å². The number of ether oxygens (including phenoxy) is 1. The summed E-state index contributed by atoms with van der Waals surface area (Å²) in [7, 11) is -2.32. The molecule has 7 nitrogen and oxygen atoms in total. The molecular weight excluding hydrogens is 380 g/mol. The maximum absolute atomic E-state index is 12.6. The van der Waals surface area contributed by atoms with Crippen molar-refractivity contribution in [2.45, 2.75) is 25.3 Å². The molecule has 1 amide bonds. The molecule has 8 heteroatoms. The first-order valence-corrected chi connectivity index (χ1v) is 10.3. The van der Waals surface area contributed by atoms with Gasteiger partial charge in [-0.1, -0.05) is 32.0 Å². The van der Waals surface area contributed by atoms with Crippen LogP contribution in [0, 0.1) is 0 Å². The summed E-state index contributed by atoms with van der Waals surface area (Å²) in [6.45, 7) is 4.49. The lowest BCUT2D eigenvalue weighted by atomic mass is 10.1. The van der Waals surface area contributed by atoms with Gasteiger partial charge >= 0.3 is 5.97 Å². The molecule has 0 heterocycles. The predicted molar refractivity (Wildman–Crippen MR) is 106 cm³/mol. The molecule has 0 saturated carbocycles. The van der Waals surface area contributed by atoms with Crippen LogP contribution in [0.15, 0.2) is 53.4 Å². The Morgan fingerprint density at radius 1 is 1.00 bits per heavy atom. The van der Waals surface area contributed by atoms with Crippen molar-refractivity contribution in [3.63, 3.8) is 0 Å². The number of amides is 1. The first kappa shape index (κ1) is 21.6. The van der Waals surface area contributed by atoms with Crippen molar-refractivity contribution in [1.82, 2.24) is 9.62 Å². The summed E-state index contributed by atoms with van der Waals surface area (Å²) in [4.78, 5) is 24.0. The van der Waals surface area contributed by atoms with Gasteiger partial charge in [0.05, 0.1) is 17.6 Å². The zero-order valence-corrected chi connectivity index (χ0v) is 17.0. The lowest BCUT2D eigenvalue weighted by Gasteiger charge is -2.18. The fourth-order valence-corrected chi connectivity index (χ4v) is 4.18. The van der Waals surface area contributed by atoms with Gasteiger partial charge in [0.2, 0.25) is 10.0 Å². The summed E-state index contributed by atoms with van der Waals surface area (Å²) in [5.41, 5.74) is 1.49. The quantitative estimate of drug-likeness (QED) is 0.682. The number of benzene rings is 2. The topological polar surface area (TPSA) is 92.8 Å². The Bertz CT molecular complexity index is 935. The molecule has 2 aromatic carbocycles. The number of carbonyl (C=O) groups is 2. The van der Waals surface area contributed by atoms with Crippen molar-refractivity contribution in [1.29, 1.82) is 0 Å². The fraction of sp³-hybridized carbons (Fsp3) is 0.300. The molecule has 0 radical (unpaired) electrons. The van der Waals surface area contributed by atoms with Gasteiger partial charge in [-0.25, -0.2) is 13.2 Å². The summed E-state index contributed by atoms with van der Waals surface area (Å²) >= 11 is 0. The predicted octanol–water partition coefficient (Wildman–Crippen LogP) is 2.43. The normalized spacial score (nSPS) is 11.3. The van der Waals surface area contributed by atoms with Crippen molar-refractivity contribution in [3.8, 4) is 0 Å². The Balaban J connectivity index is 2.10. The number of methoxy groups -OCH3 is 1. The third-order valence-corrected chi connectivity index (χ3v) is 6.31. The van der Waals surface area contributed by atoms with Crippen LogP contribution in [0.4, 0.5) is 0 Å². The second-order valence-electron chi connectivity index (χ2n) is 5.99. The minimum absolute atomic E-state index is 0.0891. The van der Waals surface area contributed by atoms with Gasteiger partial charge in [0.1, 0.15) is 0 Å². The molecule has 28 heavy (non-hydrogen) atoms. The first-order chi connectivity index (χ1) is 13.3. The number of nitrogens with zero attached hydrogens (tertiary/aromatic N) is 1. The number of rotatable bonds is 8. The number of hydrogen-bond donors (Lipinski definition) is 1. The summed E-state index contributed by atoms with van der Waals surface area (Å²) in [5, 5.41) is 2.75. The molecule has 0 unspecified atom stereocenters. The van der Waals surface area contributed by atoms with E-state index in [1.807, 2.05) is 0 Å². The van der Waals surface area contributed by atoms with Crippen LogP contribution in [0.25, 0.3) is 0 Å². The Morgan fingerprint density at radius 3 is 2.21 bits per heavy atom. The standard InChI is InChI=1S/C20H24N2O5S/c1-4-22(5-2)28(25,26)18-8-6-7-17(13-18)19(23)21-14-15-9-11-16(12-10-15)20(24)27-3/h6-13H,4-5,14H2,1-3H3,(H,21,23). The molecule has 2 aromatic rings. The summed E-state index contributed by atoms with van der Waals surface area (Å²) in [6.07, 6.45) is 0. The van der Waals surface area contributed by atoms with Gasteiger partial charge in [-0.05, 0) is 35.9 Å². The summed E-state index contributed by atoms with van der Waals surface area (Å²) < 4.78 is 31.2. The molecular formula is C20H24N2O5S. The zero-order valence-electron chi connectivity index (χ0n) is 16.1. The minimum atomic E-state index is -3.63. The Hall–Kier alpha value is -2.71. The average molecular weight is 404 g/mol. The van der Waals surface area contributed by atoms with Crippen LogP contribution in [0.2, 0.25) is 0 Å². The van der Waals surface area contributed by atoms with E-state index in [9.17, 15) is 18.0 Å². The Kier molecular flexibility index (Phi) is 7.31. The zero-order chi connectivity index (χ0) is 20.7. The van der Waals surface area contributed by atoms with E-state index < -0.39 is 16.0 Å². The largest absolute Gasteiger partial charge is 0.465 e. The molecule has 0 atom stereocenters. The van der Waals surface area contributed by atoms with E-state index in [0.29, 0.717) is 18.7 Å². The van der Waals surface area contributed by atoms with Gasteiger partial charge in [0.25, 0.3) is 5.91 Å². The van der Waals surface area contributed by atoms with E-state index in [0.717, 1.165) is 5.56 Å². The van der Waals surface area contributed by atoms with Crippen molar-refractivity contribution in [3.05, 3.63) is 65.2 Å². The summed E-state index contributed by atoms with van der Waals surface area (Å²) in [5.74, 6) is -0.810. The highest BCUT2D eigenvalue weighted by atomic mass is 32.2. The SMILES string of the molecule is CCN(CC)S(=O)(=O)c1cccc(C(=O)NCc2ccc(C(=O)OC)cc2)c1. The van der Waals surface area contributed by atoms with Gasteiger partial charge in [0.15, 0.2) is 0 Å². The Morgan fingerprint density at radius 2 is 1.64 bits per heavy atom. The van der Waals surface area contributed by atoms with Gasteiger partial charge in [-0.2, -0.15) is 4.31 Å². The van der Waals surface area contributed by atoms with Crippen LogP contribution >= 0.6 is 0 Å². The fourth-order valence-electron chi connectivity index (χ4n) is 2.67. The molecule has 150 valence electrons. The average Bonchev–Trinajstić information content (AvgIpc) is 2.72. The van der Waals surface area contributed by atoms with Gasteiger partial charge in [-0.3, -0.25) is 4.79 Å². The molecule has 0 aliphatic heterocycles. The second kappa shape index (κ2) is 9.48. The van der Waals surface area contributed by atoms with Crippen LogP contribution in [0.5, 0.6) is 0 Å². The number of hydrogen-bond acceptors (Lipinski definition) is 5. The molecule has 0 saturated heterocycles. The van der Waals surface area contributed by atoms with Crippen LogP contribution in [-0.2, 0) is 21.3 Å². The van der Waals surface area contributed by atoms with E-state index in [2.05, 4.69) is 10.1 Å². The summed E-state index contributed by atoms with van der Waals surface area (Å²) in [6, 6.07) is 12.6. The third-order valence-electron chi connectivity index (χ3n) is 4.27. The third kappa shape index (κ3) is 4.96. The van der Waals surface area contributed by atoms with Gasteiger partial charge in [-0.15, -0.1) is 0 Å². The molecule has 0 bridgehead atoms. The van der Waals surface area contributed by atoms with Crippen molar-refractivity contribution >= 4 is 21.9 Å². The molecule has 0 aromatic heterocycles. The van der Waals surface area contributed by atoms with E-state index >= 15 is 0 Å². The first-order valence-electron chi connectivity index (χ1n) is 8.89. The van der Waals surface area contributed by atoms with Crippen LogP contribution < -0.4 is 5.32 Å². The molecule has 0 aliphatic carbocycles. The minimum Gasteiger partial charge on any atom is -0.465 e. The van der Waals surface area contributed by atoms with E-state index in [4.69, 9.17) is 0 Å². The number of carbonyl (C=O) groups excluding carboxylic acids is 2. The van der Waals surface area contributed by atoms with E-state index in [1.54, 1.807) is 50.2 Å². The number of sulfonamides is 1. The number of nitrogens with one attached hydrogen (secondary N) is 1. The van der Waals surface area contributed by atoms with Gasteiger partial charge < -0.3 is 10.1 Å². The highest BCUT2D eigenvalue weighted by Crippen LogP contribution is 2.17. The second-order valence-corrected chi connectivity index (χ2v) is 7.93. The van der Waals surface area contributed by atoms with Crippen LogP contribution in [-0.4, -0.2) is 44.8 Å². The maximum Gasteiger partial charge on any atom is 0.337 e. The Labute approximate surface area is 165 Å². The van der Waals surface area contributed by atoms with Crippen molar-refractivity contribution < 1.29 is 22.7 Å². The van der Waals surface area contributed by atoms with Crippen LogP contribution in [0.3, 0.4) is 0 Å². The van der Waals surface area contributed by atoms with Crippen LogP contribution in [0.1, 0.15) is 40.1 Å². The molecule has 0 fully saturated rings. The number of esters is 1. The molecule has 1 N–H and O–H groups in total. The van der Waals surface area contributed by atoms with Crippen molar-refractivity contribution in [2.24, 2.45) is 0 Å². The maximum atomic E-state index is 12.6. The van der Waals surface area contributed by atoms with E-state index in [-0.39, 0.29) is 22.9 Å². The van der Waals surface area contributed by atoms with Gasteiger partial charge in [0, 0.05) is 25.2 Å². The smallest absolute Gasteiger partial charge is 0.337 e.